The molecule has 1 atom stereocenters. The van der Waals surface area contributed by atoms with E-state index < -0.39 is 23.2 Å². The Balaban J connectivity index is 1.62. The van der Waals surface area contributed by atoms with Gasteiger partial charge in [0.2, 0.25) is 5.91 Å². The third kappa shape index (κ3) is 3.35. The largest absolute Gasteiger partial charge is 0.372 e. The molecule has 5 nitrogen and oxygen atoms in total. The summed E-state index contributed by atoms with van der Waals surface area (Å²) in [6.07, 6.45) is 0.895. The maximum atomic E-state index is 13.8. The summed E-state index contributed by atoms with van der Waals surface area (Å²) >= 11 is 0. The first-order valence-corrected chi connectivity index (χ1v) is 9.72. The molecular formula is C24H21FN2O3. The van der Waals surface area contributed by atoms with Crippen molar-refractivity contribution < 1.29 is 19.1 Å². The summed E-state index contributed by atoms with van der Waals surface area (Å²) in [6.45, 7) is 1.77. The Labute approximate surface area is 173 Å². The van der Waals surface area contributed by atoms with Gasteiger partial charge in [-0.3, -0.25) is 14.5 Å². The van der Waals surface area contributed by atoms with Crippen LogP contribution in [-0.2, 0) is 21.6 Å². The number of hydrogen-bond donors (Lipinski definition) is 2. The van der Waals surface area contributed by atoms with Gasteiger partial charge in [0, 0.05) is 16.8 Å². The van der Waals surface area contributed by atoms with Crippen LogP contribution in [0.15, 0.2) is 72.8 Å². The van der Waals surface area contributed by atoms with Crippen LogP contribution in [0.25, 0.3) is 0 Å². The van der Waals surface area contributed by atoms with Crippen molar-refractivity contribution in [1.82, 2.24) is 0 Å². The number of rotatable bonds is 5. The van der Waals surface area contributed by atoms with E-state index in [1.54, 1.807) is 36.4 Å². The zero-order valence-electron chi connectivity index (χ0n) is 16.4. The number of carbonyl (C=O) groups is 2. The number of carbonyl (C=O) groups excluding carboxylic acids is 2. The van der Waals surface area contributed by atoms with Gasteiger partial charge in [-0.1, -0.05) is 49.4 Å². The van der Waals surface area contributed by atoms with Crippen molar-refractivity contribution in [2.75, 3.05) is 16.8 Å². The van der Waals surface area contributed by atoms with E-state index in [1.165, 1.54) is 23.1 Å². The summed E-state index contributed by atoms with van der Waals surface area (Å²) in [7, 11) is 0. The number of fused-ring (bicyclic) bond motifs is 1. The number of aryl methyl sites for hydroxylation is 1. The molecule has 1 aliphatic rings. The van der Waals surface area contributed by atoms with E-state index in [1.807, 2.05) is 19.1 Å². The van der Waals surface area contributed by atoms with Gasteiger partial charge >= 0.3 is 0 Å². The van der Waals surface area contributed by atoms with Crippen molar-refractivity contribution in [3.05, 3.63) is 95.3 Å². The molecule has 0 spiro atoms. The van der Waals surface area contributed by atoms with E-state index in [0.717, 1.165) is 18.1 Å². The smallest absolute Gasteiger partial charge is 0.268 e. The molecule has 1 aliphatic heterocycles. The highest BCUT2D eigenvalue weighted by atomic mass is 19.1. The molecule has 0 saturated carbocycles. The van der Waals surface area contributed by atoms with Crippen LogP contribution in [0.5, 0.6) is 0 Å². The quantitative estimate of drug-likeness (QED) is 0.683. The van der Waals surface area contributed by atoms with Gasteiger partial charge in [0.15, 0.2) is 5.60 Å². The molecule has 6 heteroatoms. The minimum absolute atomic E-state index is 0.123. The topological polar surface area (TPSA) is 69.6 Å². The highest BCUT2D eigenvalue weighted by Gasteiger charge is 2.51. The van der Waals surface area contributed by atoms with E-state index in [0.29, 0.717) is 16.9 Å². The fourth-order valence-electron chi connectivity index (χ4n) is 3.75. The number of para-hydroxylation sites is 1. The van der Waals surface area contributed by atoms with Gasteiger partial charge in [0.1, 0.15) is 12.4 Å². The molecular weight excluding hydrogens is 383 g/mol. The van der Waals surface area contributed by atoms with Gasteiger partial charge in [0.25, 0.3) is 5.91 Å². The Morgan fingerprint density at radius 3 is 2.50 bits per heavy atom. The molecule has 0 aromatic heterocycles. The Kier molecular flexibility index (Phi) is 5.10. The van der Waals surface area contributed by atoms with E-state index >= 15 is 0 Å². The summed E-state index contributed by atoms with van der Waals surface area (Å²) in [6, 6.07) is 19.5. The number of anilines is 2. The Hall–Kier alpha value is -3.51. The van der Waals surface area contributed by atoms with Gasteiger partial charge in [-0.25, -0.2) is 4.39 Å². The molecule has 3 aromatic carbocycles. The third-order valence-corrected chi connectivity index (χ3v) is 5.33. The standard InChI is InChI=1S/C24H21FN2O3/c1-2-16-10-12-19(13-11-16)26-22(28)15-27-21-9-4-3-8-20(21)24(30,23(27)29)17-6-5-7-18(25)14-17/h3-14,30H,2,15H2,1H3,(H,26,28). The number of halogens is 1. The molecule has 1 heterocycles. The fraction of sp³-hybridized carbons (Fsp3) is 0.167. The van der Waals surface area contributed by atoms with Crippen LogP contribution in [-0.4, -0.2) is 23.5 Å². The van der Waals surface area contributed by atoms with Crippen molar-refractivity contribution >= 4 is 23.2 Å². The molecule has 4 rings (SSSR count). The van der Waals surface area contributed by atoms with Crippen molar-refractivity contribution in [3.63, 3.8) is 0 Å². The minimum Gasteiger partial charge on any atom is -0.372 e. The van der Waals surface area contributed by atoms with Gasteiger partial charge < -0.3 is 10.4 Å². The molecule has 1 unspecified atom stereocenters. The average Bonchev–Trinajstić information content (AvgIpc) is 2.97. The van der Waals surface area contributed by atoms with Crippen LogP contribution in [0.2, 0.25) is 0 Å². The molecule has 3 aromatic rings. The lowest BCUT2D eigenvalue weighted by molar-refractivity contribution is -0.133. The van der Waals surface area contributed by atoms with Crippen LogP contribution in [0.1, 0.15) is 23.6 Å². The van der Waals surface area contributed by atoms with Crippen molar-refractivity contribution in [2.24, 2.45) is 0 Å². The lowest BCUT2D eigenvalue weighted by Gasteiger charge is -2.23. The Bertz CT molecular complexity index is 1110. The van der Waals surface area contributed by atoms with Crippen molar-refractivity contribution in [2.45, 2.75) is 18.9 Å². The maximum absolute atomic E-state index is 13.8. The number of nitrogens with zero attached hydrogens (tertiary/aromatic N) is 1. The van der Waals surface area contributed by atoms with Gasteiger partial charge in [-0.05, 0) is 42.3 Å². The van der Waals surface area contributed by atoms with Crippen LogP contribution in [0.4, 0.5) is 15.8 Å². The van der Waals surface area contributed by atoms with E-state index in [4.69, 9.17) is 0 Å². The van der Waals surface area contributed by atoms with Gasteiger partial charge in [0.05, 0.1) is 5.69 Å². The summed E-state index contributed by atoms with van der Waals surface area (Å²) in [5.74, 6) is -1.64. The first-order chi connectivity index (χ1) is 14.4. The molecule has 0 aliphatic carbocycles. The maximum Gasteiger partial charge on any atom is 0.268 e. The average molecular weight is 404 g/mol. The first kappa shape index (κ1) is 19.8. The fourth-order valence-corrected chi connectivity index (χ4v) is 3.75. The van der Waals surface area contributed by atoms with Gasteiger partial charge in [-0.2, -0.15) is 0 Å². The zero-order valence-corrected chi connectivity index (χ0v) is 16.4. The number of benzene rings is 3. The van der Waals surface area contributed by atoms with Crippen molar-refractivity contribution in [1.29, 1.82) is 0 Å². The Morgan fingerprint density at radius 2 is 1.80 bits per heavy atom. The highest BCUT2D eigenvalue weighted by Crippen LogP contribution is 2.44. The van der Waals surface area contributed by atoms with E-state index in [-0.39, 0.29) is 12.1 Å². The predicted molar refractivity (Wildman–Crippen MR) is 113 cm³/mol. The molecule has 0 fully saturated rings. The lowest BCUT2D eigenvalue weighted by atomic mass is 9.87. The lowest BCUT2D eigenvalue weighted by Crippen LogP contribution is -2.44. The number of hydrogen-bond acceptors (Lipinski definition) is 3. The molecule has 2 amide bonds. The number of aliphatic hydroxyl groups is 1. The predicted octanol–water partition coefficient (Wildman–Crippen LogP) is 3.61. The highest BCUT2D eigenvalue weighted by molar-refractivity contribution is 6.12. The molecule has 0 radical (unpaired) electrons. The van der Waals surface area contributed by atoms with Crippen LogP contribution < -0.4 is 10.2 Å². The van der Waals surface area contributed by atoms with Crippen molar-refractivity contribution in [3.8, 4) is 0 Å². The van der Waals surface area contributed by atoms with Crippen LogP contribution >= 0.6 is 0 Å². The summed E-state index contributed by atoms with van der Waals surface area (Å²) in [4.78, 5) is 27.1. The van der Waals surface area contributed by atoms with Crippen LogP contribution in [0.3, 0.4) is 0 Å². The summed E-state index contributed by atoms with van der Waals surface area (Å²) < 4.78 is 13.8. The molecule has 2 N–H and O–H groups in total. The van der Waals surface area contributed by atoms with Crippen LogP contribution in [0, 0.1) is 5.82 Å². The molecule has 30 heavy (non-hydrogen) atoms. The molecule has 0 saturated heterocycles. The second-order valence-electron chi connectivity index (χ2n) is 7.23. The zero-order chi connectivity index (χ0) is 21.3. The number of amides is 2. The minimum atomic E-state index is -2.05. The second-order valence-corrected chi connectivity index (χ2v) is 7.23. The normalized spacial score (nSPS) is 17.7. The summed E-state index contributed by atoms with van der Waals surface area (Å²) in [5, 5.41) is 14.1. The monoisotopic (exact) mass is 404 g/mol. The van der Waals surface area contributed by atoms with E-state index in [2.05, 4.69) is 5.32 Å². The summed E-state index contributed by atoms with van der Waals surface area (Å²) in [5.41, 5.74) is 0.584. The Morgan fingerprint density at radius 1 is 1.07 bits per heavy atom. The molecule has 152 valence electrons. The second kappa shape index (κ2) is 7.72. The number of nitrogens with one attached hydrogen (secondary N) is 1. The molecule has 0 bridgehead atoms. The van der Waals surface area contributed by atoms with E-state index in [9.17, 15) is 19.1 Å². The SMILES string of the molecule is CCc1ccc(NC(=O)CN2C(=O)C(O)(c3cccc(F)c3)c3ccccc32)cc1. The first-order valence-electron chi connectivity index (χ1n) is 9.72. The third-order valence-electron chi connectivity index (χ3n) is 5.33. The van der Waals surface area contributed by atoms with Gasteiger partial charge in [-0.15, -0.1) is 0 Å².